The molecule has 1 atom stereocenters. The Labute approximate surface area is 147 Å². The molecule has 1 aliphatic heterocycles. The van der Waals surface area contributed by atoms with Crippen molar-refractivity contribution in [2.24, 2.45) is 5.92 Å². The Bertz CT molecular complexity index is 612. The average Bonchev–Trinajstić information content (AvgIpc) is 2.53. The number of carbonyl (C=O) groups excluding carboxylic acids is 1. The van der Waals surface area contributed by atoms with Gasteiger partial charge < -0.3 is 14.5 Å². The van der Waals surface area contributed by atoms with Crippen molar-refractivity contribution in [3.63, 3.8) is 0 Å². The molecule has 1 amide bonds. The van der Waals surface area contributed by atoms with Crippen LogP contribution in [0.15, 0.2) is 18.3 Å². The number of ether oxygens (including phenoxy) is 1. The molecular weight excluding hydrogens is 324 g/mol. The van der Waals surface area contributed by atoms with E-state index in [4.69, 9.17) is 4.74 Å². The van der Waals surface area contributed by atoms with Crippen molar-refractivity contribution in [3.8, 4) is 0 Å². The number of anilines is 1. The number of hydrogen-bond donors (Lipinski definition) is 0. The van der Waals surface area contributed by atoms with Crippen molar-refractivity contribution in [2.45, 2.75) is 39.2 Å². The Morgan fingerprint density at radius 1 is 1.48 bits per heavy atom. The number of hydrogen-bond acceptors (Lipinski definition) is 6. The number of nitro groups is 1. The molecular formula is C17H26N4O4. The SMILES string of the molecule is CN(CC1CCCN(c2ccc([N+](=O)[O-])cn2)C1)C(=O)OC(C)(C)C. The van der Waals surface area contributed by atoms with E-state index in [0.717, 1.165) is 31.7 Å². The van der Waals surface area contributed by atoms with Crippen LogP contribution in [0.5, 0.6) is 0 Å². The predicted octanol–water partition coefficient (Wildman–Crippen LogP) is 3.07. The molecule has 0 bridgehead atoms. The van der Waals surface area contributed by atoms with Crippen LogP contribution in [0.3, 0.4) is 0 Å². The zero-order valence-corrected chi connectivity index (χ0v) is 15.3. The molecule has 8 heteroatoms. The molecule has 0 saturated carbocycles. The number of amides is 1. The van der Waals surface area contributed by atoms with Crippen LogP contribution >= 0.6 is 0 Å². The molecule has 8 nitrogen and oxygen atoms in total. The van der Waals surface area contributed by atoms with Gasteiger partial charge in [-0.25, -0.2) is 9.78 Å². The molecule has 2 heterocycles. The Hall–Kier alpha value is -2.38. The molecule has 1 fully saturated rings. The second-order valence-electron chi connectivity index (χ2n) is 7.45. The highest BCUT2D eigenvalue weighted by Crippen LogP contribution is 2.24. The molecule has 0 radical (unpaired) electrons. The third kappa shape index (κ3) is 5.58. The first-order chi connectivity index (χ1) is 11.7. The zero-order valence-electron chi connectivity index (χ0n) is 15.3. The summed E-state index contributed by atoms with van der Waals surface area (Å²) in [5, 5.41) is 10.7. The highest BCUT2D eigenvalue weighted by Gasteiger charge is 2.26. The first-order valence-corrected chi connectivity index (χ1v) is 8.45. The van der Waals surface area contributed by atoms with Gasteiger partial charge in [0.15, 0.2) is 0 Å². The molecule has 25 heavy (non-hydrogen) atoms. The topological polar surface area (TPSA) is 88.8 Å². The largest absolute Gasteiger partial charge is 0.444 e. The van der Waals surface area contributed by atoms with E-state index < -0.39 is 10.5 Å². The summed E-state index contributed by atoms with van der Waals surface area (Å²) in [6.45, 7) is 7.78. The monoisotopic (exact) mass is 350 g/mol. The predicted molar refractivity (Wildman–Crippen MR) is 94.7 cm³/mol. The van der Waals surface area contributed by atoms with Crippen LogP contribution in [0.4, 0.5) is 16.3 Å². The van der Waals surface area contributed by atoms with Gasteiger partial charge in [-0.15, -0.1) is 0 Å². The fraction of sp³-hybridized carbons (Fsp3) is 0.647. The van der Waals surface area contributed by atoms with E-state index in [1.807, 2.05) is 20.8 Å². The first kappa shape index (κ1) is 19.0. The summed E-state index contributed by atoms with van der Waals surface area (Å²) in [7, 11) is 1.75. The Morgan fingerprint density at radius 3 is 2.76 bits per heavy atom. The molecule has 0 spiro atoms. The van der Waals surface area contributed by atoms with Gasteiger partial charge in [-0.1, -0.05) is 0 Å². The quantitative estimate of drug-likeness (QED) is 0.612. The van der Waals surface area contributed by atoms with Crippen LogP contribution in [0, 0.1) is 16.0 Å². The van der Waals surface area contributed by atoms with Crippen molar-refractivity contribution in [2.75, 3.05) is 31.6 Å². The minimum absolute atomic E-state index is 0.0121. The van der Waals surface area contributed by atoms with E-state index in [2.05, 4.69) is 9.88 Å². The molecule has 0 aromatic carbocycles. The molecule has 1 aromatic rings. The fourth-order valence-electron chi connectivity index (χ4n) is 2.90. The van der Waals surface area contributed by atoms with Gasteiger partial charge in [-0.2, -0.15) is 0 Å². The number of piperidine rings is 1. The first-order valence-electron chi connectivity index (χ1n) is 8.45. The molecule has 1 saturated heterocycles. The smallest absolute Gasteiger partial charge is 0.410 e. The second kappa shape index (κ2) is 7.67. The third-order valence-electron chi connectivity index (χ3n) is 4.02. The minimum atomic E-state index is -0.507. The lowest BCUT2D eigenvalue weighted by atomic mass is 9.97. The lowest BCUT2D eigenvalue weighted by molar-refractivity contribution is -0.385. The molecule has 1 aromatic heterocycles. The van der Waals surface area contributed by atoms with E-state index in [1.165, 1.54) is 12.3 Å². The summed E-state index contributed by atoms with van der Waals surface area (Å²) in [6, 6.07) is 3.15. The maximum absolute atomic E-state index is 12.1. The average molecular weight is 350 g/mol. The van der Waals surface area contributed by atoms with Crippen molar-refractivity contribution in [1.29, 1.82) is 0 Å². The Kier molecular flexibility index (Phi) is 5.81. The van der Waals surface area contributed by atoms with Gasteiger partial charge in [0.2, 0.25) is 0 Å². The zero-order chi connectivity index (χ0) is 18.6. The highest BCUT2D eigenvalue weighted by molar-refractivity contribution is 5.67. The lowest BCUT2D eigenvalue weighted by Crippen LogP contribution is -2.43. The Balaban J connectivity index is 1.94. The van der Waals surface area contributed by atoms with Crippen LogP contribution < -0.4 is 4.90 Å². The molecule has 0 aliphatic carbocycles. The van der Waals surface area contributed by atoms with Crippen LogP contribution in [-0.2, 0) is 4.74 Å². The number of pyridine rings is 1. The second-order valence-corrected chi connectivity index (χ2v) is 7.45. The van der Waals surface area contributed by atoms with Gasteiger partial charge in [-0.05, 0) is 45.6 Å². The molecule has 2 rings (SSSR count). The molecule has 138 valence electrons. The van der Waals surface area contributed by atoms with Gasteiger partial charge in [0, 0.05) is 32.7 Å². The third-order valence-corrected chi connectivity index (χ3v) is 4.02. The van der Waals surface area contributed by atoms with E-state index in [1.54, 1.807) is 18.0 Å². The molecule has 1 unspecified atom stereocenters. The normalized spacial score (nSPS) is 17.9. The van der Waals surface area contributed by atoms with E-state index in [-0.39, 0.29) is 11.8 Å². The molecule has 1 aliphatic rings. The van der Waals surface area contributed by atoms with E-state index in [0.29, 0.717) is 12.5 Å². The van der Waals surface area contributed by atoms with Crippen molar-refractivity contribution in [3.05, 3.63) is 28.4 Å². The van der Waals surface area contributed by atoms with Gasteiger partial charge in [0.05, 0.1) is 4.92 Å². The van der Waals surface area contributed by atoms with Crippen molar-refractivity contribution >= 4 is 17.6 Å². The highest BCUT2D eigenvalue weighted by atomic mass is 16.6. The summed E-state index contributed by atoms with van der Waals surface area (Å²) >= 11 is 0. The number of nitrogens with zero attached hydrogens (tertiary/aromatic N) is 4. The van der Waals surface area contributed by atoms with Crippen LogP contribution in [-0.4, -0.2) is 53.2 Å². The summed E-state index contributed by atoms with van der Waals surface area (Å²) in [4.78, 5) is 30.3. The lowest BCUT2D eigenvalue weighted by Gasteiger charge is -2.35. The van der Waals surface area contributed by atoms with E-state index in [9.17, 15) is 14.9 Å². The van der Waals surface area contributed by atoms with Gasteiger partial charge >= 0.3 is 6.09 Å². The standard InChI is InChI=1S/C17H26N4O4/c1-17(2,3)25-16(22)19(4)11-13-6-5-9-20(12-13)15-8-7-14(10-18-15)21(23)24/h7-8,10,13H,5-6,9,11-12H2,1-4H3. The van der Waals surface area contributed by atoms with Gasteiger partial charge in [0.1, 0.15) is 17.6 Å². The van der Waals surface area contributed by atoms with Gasteiger partial charge in [-0.3, -0.25) is 10.1 Å². The van der Waals surface area contributed by atoms with Crippen LogP contribution in [0.1, 0.15) is 33.6 Å². The summed E-state index contributed by atoms with van der Waals surface area (Å²) in [5.41, 5.74) is -0.519. The Morgan fingerprint density at radius 2 is 2.20 bits per heavy atom. The number of aromatic nitrogens is 1. The van der Waals surface area contributed by atoms with Gasteiger partial charge in [0.25, 0.3) is 5.69 Å². The van der Waals surface area contributed by atoms with E-state index >= 15 is 0 Å². The van der Waals surface area contributed by atoms with Crippen LogP contribution in [0.2, 0.25) is 0 Å². The minimum Gasteiger partial charge on any atom is -0.444 e. The number of carbonyl (C=O) groups is 1. The van der Waals surface area contributed by atoms with Crippen molar-refractivity contribution in [1.82, 2.24) is 9.88 Å². The number of rotatable bonds is 4. The van der Waals surface area contributed by atoms with Crippen LogP contribution in [0.25, 0.3) is 0 Å². The fourth-order valence-corrected chi connectivity index (χ4v) is 2.90. The summed E-state index contributed by atoms with van der Waals surface area (Å²) < 4.78 is 5.39. The maximum atomic E-state index is 12.1. The summed E-state index contributed by atoms with van der Waals surface area (Å²) in [5.74, 6) is 1.04. The summed E-state index contributed by atoms with van der Waals surface area (Å²) in [6.07, 6.45) is 2.98. The molecule has 0 N–H and O–H groups in total. The maximum Gasteiger partial charge on any atom is 0.410 e. The van der Waals surface area contributed by atoms with Crippen molar-refractivity contribution < 1.29 is 14.5 Å².